The van der Waals surface area contributed by atoms with E-state index in [1.165, 1.54) is 0 Å². The van der Waals surface area contributed by atoms with Gasteiger partial charge in [-0.3, -0.25) is 5.10 Å². The van der Waals surface area contributed by atoms with E-state index in [2.05, 4.69) is 30.8 Å². The minimum absolute atomic E-state index is 0.386. The average molecular weight is 422 g/mol. The number of ether oxygens (including phenoxy) is 4. The maximum absolute atomic E-state index is 5.39. The van der Waals surface area contributed by atoms with Crippen molar-refractivity contribution in [3.8, 4) is 23.0 Å². The van der Waals surface area contributed by atoms with Crippen molar-refractivity contribution in [2.75, 3.05) is 39.1 Å². The maximum atomic E-state index is 5.39. The van der Waals surface area contributed by atoms with E-state index in [1.807, 2.05) is 18.2 Å². The van der Waals surface area contributed by atoms with E-state index in [0.717, 1.165) is 16.7 Å². The number of hydrogen-bond donors (Lipinski definition) is 3. The Morgan fingerprint density at radius 1 is 0.839 bits per heavy atom. The Balaban J connectivity index is 1.60. The Morgan fingerprint density at radius 2 is 1.61 bits per heavy atom. The largest absolute Gasteiger partial charge is 0.497 e. The Kier molecular flexibility index (Phi) is 5.61. The van der Waals surface area contributed by atoms with Crippen molar-refractivity contribution in [2.45, 2.75) is 0 Å². The second-order valence-electron chi connectivity index (χ2n) is 6.41. The van der Waals surface area contributed by atoms with Crippen molar-refractivity contribution in [3.05, 3.63) is 42.6 Å². The lowest BCUT2D eigenvalue weighted by Gasteiger charge is -2.14. The fraction of sp³-hybridized carbons (Fsp3) is 0.190. The third-order valence-corrected chi connectivity index (χ3v) is 4.59. The summed E-state index contributed by atoms with van der Waals surface area (Å²) >= 11 is 0. The molecule has 0 atom stereocenters. The van der Waals surface area contributed by atoms with Crippen LogP contribution in [0, 0.1) is 0 Å². The molecule has 0 aliphatic rings. The van der Waals surface area contributed by atoms with Crippen LogP contribution in [-0.2, 0) is 0 Å². The van der Waals surface area contributed by atoms with Gasteiger partial charge in [0, 0.05) is 29.4 Å². The minimum atomic E-state index is 0.386. The quantitative estimate of drug-likeness (QED) is 0.389. The van der Waals surface area contributed by atoms with Gasteiger partial charge in [0.25, 0.3) is 0 Å². The van der Waals surface area contributed by atoms with E-state index in [4.69, 9.17) is 18.9 Å². The summed E-state index contributed by atoms with van der Waals surface area (Å²) in [6.07, 6.45) is 1.64. The summed E-state index contributed by atoms with van der Waals surface area (Å²) in [6.45, 7) is 0. The number of nitrogens with zero attached hydrogens (tertiary/aromatic N) is 3. The zero-order valence-electron chi connectivity index (χ0n) is 17.5. The topological polar surface area (TPSA) is 115 Å². The first-order chi connectivity index (χ1) is 15.1. The van der Waals surface area contributed by atoms with Gasteiger partial charge in [-0.2, -0.15) is 10.1 Å². The van der Waals surface area contributed by atoms with Gasteiger partial charge in [0.1, 0.15) is 11.6 Å². The van der Waals surface area contributed by atoms with Gasteiger partial charge in [-0.1, -0.05) is 0 Å². The standard InChI is InChI=1S/C21H22N6O4/c1-28-13-5-6-15-14(11-13)20(27-26-15)24-18-7-8-22-21(25-18)23-12-9-16(29-2)19(31-4)17(10-12)30-3/h5-11H,1-4H3,(H3,22,23,24,25,26,27). The number of anilines is 4. The van der Waals surface area contributed by atoms with Gasteiger partial charge in [0.2, 0.25) is 11.7 Å². The van der Waals surface area contributed by atoms with Crippen LogP contribution in [-0.4, -0.2) is 48.6 Å². The molecule has 0 saturated heterocycles. The third-order valence-electron chi connectivity index (χ3n) is 4.59. The van der Waals surface area contributed by atoms with E-state index in [9.17, 15) is 0 Å². The number of H-pyrrole nitrogens is 1. The van der Waals surface area contributed by atoms with Gasteiger partial charge >= 0.3 is 0 Å². The van der Waals surface area contributed by atoms with Crippen LogP contribution >= 0.6 is 0 Å². The number of rotatable bonds is 8. The lowest BCUT2D eigenvalue weighted by Crippen LogP contribution is -2.02. The van der Waals surface area contributed by atoms with Crippen LogP contribution < -0.4 is 29.6 Å². The molecule has 2 heterocycles. The fourth-order valence-corrected chi connectivity index (χ4v) is 3.11. The maximum Gasteiger partial charge on any atom is 0.229 e. The molecule has 0 aliphatic carbocycles. The van der Waals surface area contributed by atoms with Crippen molar-refractivity contribution >= 4 is 34.2 Å². The van der Waals surface area contributed by atoms with Gasteiger partial charge in [0.15, 0.2) is 17.3 Å². The van der Waals surface area contributed by atoms with Crippen LogP contribution in [0.5, 0.6) is 23.0 Å². The van der Waals surface area contributed by atoms with Crippen molar-refractivity contribution in [1.82, 2.24) is 20.2 Å². The van der Waals surface area contributed by atoms with Crippen molar-refractivity contribution in [1.29, 1.82) is 0 Å². The molecule has 0 amide bonds. The number of fused-ring (bicyclic) bond motifs is 1. The third kappa shape index (κ3) is 4.08. The Labute approximate surface area is 178 Å². The first-order valence-corrected chi connectivity index (χ1v) is 9.34. The number of benzene rings is 2. The summed E-state index contributed by atoms with van der Waals surface area (Å²) in [5.74, 6) is 3.88. The highest BCUT2D eigenvalue weighted by atomic mass is 16.5. The summed E-state index contributed by atoms with van der Waals surface area (Å²) < 4.78 is 21.4. The highest BCUT2D eigenvalue weighted by molar-refractivity contribution is 5.92. The Hall–Kier alpha value is -4.21. The summed E-state index contributed by atoms with van der Waals surface area (Å²) in [5.41, 5.74) is 1.56. The van der Waals surface area contributed by atoms with Crippen molar-refractivity contribution in [2.24, 2.45) is 0 Å². The van der Waals surface area contributed by atoms with Gasteiger partial charge in [-0.05, 0) is 24.3 Å². The molecule has 0 unspecified atom stereocenters. The number of aromatic amines is 1. The fourth-order valence-electron chi connectivity index (χ4n) is 3.11. The molecule has 0 spiro atoms. The van der Waals surface area contributed by atoms with E-state index in [-0.39, 0.29) is 0 Å². The predicted octanol–water partition coefficient (Wildman–Crippen LogP) is 3.87. The minimum Gasteiger partial charge on any atom is -0.497 e. The van der Waals surface area contributed by atoms with Crippen LogP contribution in [0.2, 0.25) is 0 Å². The van der Waals surface area contributed by atoms with E-state index < -0.39 is 0 Å². The molecule has 4 rings (SSSR count). The molecular weight excluding hydrogens is 400 g/mol. The predicted molar refractivity (Wildman–Crippen MR) is 117 cm³/mol. The van der Waals surface area contributed by atoms with Gasteiger partial charge in [0.05, 0.1) is 34.0 Å². The highest BCUT2D eigenvalue weighted by Gasteiger charge is 2.14. The lowest BCUT2D eigenvalue weighted by atomic mass is 10.2. The van der Waals surface area contributed by atoms with Gasteiger partial charge < -0.3 is 29.6 Å². The molecule has 0 bridgehead atoms. The number of methoxy groups -OCH3 is 4. The molecule has 0 fully saturated rings. The summed E-state index contributed by atoms with van der Waals surface area (Å²) in [6, 6.07) is 11.0. The highest BCUT2D eigenvalue weighted by Crippen LogP contribution is 2.40. The van der Waals surface area contributed by atoms with E-state index in [0.29, 0.717) is 40.5 Å². The van der Waals surface area contributed by atoms with Crippen LogP contribution in [0.25, 0.3) is 10.9 Å². The van der Waals surface area contributed by atoms with Crippen molar-refractivity contribution < 1.29 is 18.9 Å². The molecule has 0 radical (unpaired) electrons. The second-order valence-corrected chi connectivity index (χ2v) is 6.41. The van der Waals surface area contributed by atoms with Crippen LogP contribution in [0.4, 0.5) is 23.3 Å². The summed E-state index contributed by atoms with van der Waals surface area (Å²) in [7, 11) is 6.30. The van der Waals surface area contributed by atoms with Crippen molar-refractivity contribution in [3.63, 3.8) is 0 Å². The number of nitrogens with one attached hydrogen (secondary N) is 3. The summed E-state index contributed by atoms with van der Waals surface area (Å²) in [5, 5.41) is 14.6. The zero-order valence-corrected chi connectivity index (χ0v) is 17.5. The number of hydrogen-bond acceptors (Lipinski definition) is 9. The first-order valence-electron chi connectivity index (χ1n) is 9.34. The molecule has 160 valence electrons. The van der Waals surface area contributed by atoms with Gasteiger partial charge in [-0.25, -0.2) is 4.98 Å². The molecule has 0 aliphatic heterocycles. The number of aromatic nitrogens is 4. The van der Waals surface area contributed by atoms with Crippen LogP contribution in [0.1, 0.15) is 0 Å². The molecule has 4 aromatic rings. The van der Waals surface area contributed by atoms with Gasteiger partial charge in [-0.15, -0.1) is 0 Å². The van der Waals surface area contributed by atoms with Crippen LogP contribution in [0.3, 0.4) is 0 Å². The molecule has 0 saturated carbocycles. The Bertz CT molecular complexity index is 1180. The molecular formula is C21H22N6O4. The smallest absolute Gasteiger partial charge is 0.229 e. The molecule has 10 heteroatoms. The van der Waals surface area contributed by atoms with Crippen LogP contribution in [0.15, 0.2) is 42.6 Å². The second kappa shape index (κ2) is 8.66. The van der Waals surface area contributed by atoms with E-state index >= 15 is 0 Å². The Morgan fingerprint density at radius 3 is 2.29 bits per heavy atom. The average Bonchev–Trinajstić information content (AvgIpc) is 3.20. The molecule has 2 aromatic carbocycles. The zero-order chi connectivity index (χ0) is 21.8. The molecule has 10 nitrogen and oxygen atoms in total. The SMILES string of the molecule is COc1ccc2[nH]nc(Nc3ccnc(Nc4cc(OC)c(OC)c(OC)c4)n3)c2c1. The van der Waals surface area contributed by atoms with E-state index in [1.54, 1.807) is 52.8 Å². The summed E-state index contributed by atoms with van der Waals surface area (Å²) in [4.78, 5) is 8.80. The normalized spacial score (nSPS) is 10.6. The monoisotopic (exact) mass is 422 g/mol. The molecule has 31 heavy (non-hydrogen) atoms. The molecule has 3 N–H and O–H groups in total. The molecule has 2 aromatic heterocycles. The first kappa shape index (κ1) is 20.1. The lowest BCUT2D eigenvalue weighted by molar-refractivity contribution is 0.324.